The van der Waals surface area contributed by atoms with E-state index in [1.807, 2.05) is 53.6 Å². The third-order valence-corrected chi connectivity index (χ3v) is 6.02. The Labute approximate surface area is 191 Å². The van der Waals surface area contributed by atoms with Crippen LogP contribution in [0.15, 0.2) is 60.9 Å². The van der Waals surface area contributed by atoms with E-state index >= 15 is 0 Å². The normalized spacial score (nSPS) is 16.1. The smallest absolute Gasteiger partial charge is 0.272 e. The van der Waals surface area contributed by atoms with Crippen LogP contribution in [0.3, 0.4) is 0 Å². The van der Waals surface area contributed by atoms with Crippen LogP contribution in [0.4, 0.5) is 0 Å². The lowest BCUT2D eigenvalue weighted by atomic mass is 9.97. The predicted molar refractivity (Wildman–Crippen MR) is 124 cm³/mol. The Morgan fingerprint density at radius 2 is 1.97 bits per heavy atom. The molecule has 1 aromatic carbocycles. The van der Waals surface area contributed by atoms with Gasteiger partial charge in [-0.05, 0) is 43.2 Å². The van der Waals surface area contributed by atoms with Crippen LogP contribution >= 0.6 is 0 Å². The fourth-order valence-corrected chi connectivity index (χ4v) is 4.37. The van der Waals surface area contributed by atoms with Gasteiger partial charge in [0.05, 0.1) is 14.2 Å². The average Bonchev–Trinajstić information content (AvgIpc) is 3.32. The van der Waals surface area contributed by atoms with Crippen molar-refractivity contribution in [2.24, 2.45) is 0 Å². The van der Waals surface area contributed by atoms with E-state index in [2.05, 4.69) is 4.98 Å². The van der Waals surface area contributed by atoms with Crippen LogP contribution in [0.1, 0.15) is 35.1 Å². The maximum atomic E-state index is 12.9. The molecule has 8 heteroatoms. The first-order chi connectivity index (χ1) is 16.2. The summed E-state index contributed by atoms with van der Waals surface area (Å²) in [6, 6.07) is 15.1. The van der Waals surface area contributed by atoms with Gasteiger partial charge < -0.3 is 14.4 Å². The van der Waals surface area contributed by atoms with Crippen LogP contribution in [0.5, 0.6) is 11.5 Å². The molecule has 5 rings (SSSR count). The van der Waals surface area contributed by atoms with Gasteiger partial charge in [-0.1, -0.05) is 18.2 Å². The van der Waals surface area contributed by atoms with E-state index in [0.29, 0.717) is 23.7 Å². The molecule has 1 saturated heterocycles. The molecule has 0 saturated carbocycles. The molecule has 1 fully saturated rings. The number of amides is 1. The fraction of sp³-hybridized carbons (Fsp3) is 0.280. The molecular weight excluding hydrogens is 418 g/mol. The number of pyridine rings is 2. The van der Waals surface area contributed by atoms with Crippen molar-refractivity contribution >= 4 is 11.6 Å². The average molecular weight is 444 g/mol. The number of rotatable bonds is 5. The molecule has 0 unspecified atom stereocenters. The van der Waals surface area contributed by atoms with Crippen molar-refractivity contribution < 1.29 is 14.3 Å². The van der Waals surface area contributed by atoms with Crippen LogP contribution in [0.2, 0.25) is 0 Å². The number of carbonyl (C=O) groups is 1. The van der Waals surface area contributed by atoms with Gasteiger partial charge in [0.1, 0.15) is 5.69 Å². The maximum Gasteiger partial charge on any atom is 0.272 e. The number of benzene rings is 1. The highest BCUT2D eigenvalue weighted by Crippen LogP contribution is 2.37. The number of para-hydroxylation sites is 1. The van der Waals surface area contributed by atoms with Crippen LogP contribution in [-0.2, 0) is 0 Å². The summed E-state index contributed by atoms with van der Waals surface area (Å²) in [6.07, 6.45) is 5.44. The first-order valence-corrected chi connectivity index (χ1v) is 11.0. The highest BCUT2D eigenvalue weighted by atomic mass is 16.5. The molecule has 0 N–H and O–H groups in total. The van der Waals surface area contributed by atoms with Crippen molar-refractivity contribution in [1.82, 2.24) is 24.5 Å². The van der Waals surface area contributed by atoms with Crippen LogP contribution in [0.25, 0.3) is 16.8 Å². The third-order valence-electron chi connectivity index (χ3n) is 6.02. The minimum absolute atomic E-state index is 0.0449. The molecule has 1 aliphatic rings. The highest BCUT2D eigenvalue weighted by molar-refractivity contribution is 5.92. The van der Waals surface area contributed by atoms with Gasteiger partial charge in [-0.25, -0.2) is 9.50 Å². The lowest BCUT2D eigenvalue weighted by Crippen LogP contribution is -2.39. The standard InChI is InChI=1S/C25H25N5O3/c1-32-21-10-5-8-19(23(21)33-2)17-11-12-22-27-24(28-30(22)16-17)18-7-6-14-29(15-18)25(31)20-9-3-4-13-26-20/h3-5,8-13,16,18H,6-7,14-15H2,1-2H3/t18-/m0/s1. The van der Waals surface area contributed by atoms with Crippen molar-refractivity contribution in [1.29, 1.82) is 0 Å². The quantitative estimate of drug-likeness (QED) is 0.466. The second-order valence-corrected chi connectivity index (χ2v) is 8.04. The topological polar surface area (TPSA) is 81.9 Å². The van der Waals surface area contributed by atoms with E-state index in [-0.39, 0.29) is 11.8 Å². The lowest BCUT2D eigenvalue weighted by molar-refractivity contribution is 0.0698. The Morgan fingerprint density at radius 1 is 1.06 bits per heavy atom. The van der Waals surface area contributed by atoms with Crippen molar-refractivity contribution in [2.45, 2.75) is 18.8 Å². The number of carbonyl (C=O) groups excluding carboxylic acids is 1. The molecule has 0 aliphatic carbocycles. The van der Waals surface area contributed by atoms with E-state index in [0.717, 1.165) is 42.0 Å². The molecule has 0 spiro atoms. The largest absolute Gasteiger partial charge is 0.493 e. The lowest BCUT2D eigenvalue weighted by Gasteiger charge is -2.31. The number of hydrogen-bond donors (Lipinski definition) is 0. The summed E-state index contributed by atoms with van der Waals surface area (Å²) in [6.45, 7) is 1.31. The Morgan fingerprint density at radius 3 is 2.76 bits per heavy atom. The maximum absolute atomic E-state index is 12.9. The molecule has 168 valence electrons. The summed E-state index contributed by atoms with van der Waals surface area (Å²) >= 11 is 0. The van der Waals surface area contributed by atoms with Gasteiger partial charge in [-0.3, -0.25) is 9.78 Å². The number of aromatic nitrogens is 4. The van der Waals surface area contributed by atoms with E-state index in [4.69, 9.17) is 19.6 Å². The zero-order valence-electron chi connectivity index (χ0n) is 18.6. The van der Waals surface area contributed by atoms with Crippen LogP contribution < -0.4 is 9.47 Å². The Hall–Kier alpha value is -3.94. The molecule has 8 nitrogen and oxygen atoms in total. The van der Waals surface area contributed by atoms with Gasteiger partial charge in [0.2, 0.25) is 0 Å². The number of piperidine rings is 1. The molecule has 0 radical (unpaired) electrons. The molecule has 3 aromatic heterocycles. The molecule has 1 aliphatic heterocycles. The van der Waals surface area contributed by atoms with Crippen molar-refractivity contribution in [3.63, 3.8) is 0 Å². The number of fused-ring (bicyclic) bond motifs is 1. The zero-order valence-corrected chi connectivity index (χ0v) is 18.6. The van der Waals surface area contributed by atoms with Gasteiger partial charge in [0, 0.05) is 42.5 Å². The van der Waals surface area contributed by atoms with Gasteiger partial charge in [0.15, 0.2) is 23.0 Å². The van der Waals surface area contributed by atoms with Gasteiger partial charge in [0.25, 0.3) is 5.91 Å². The molecule has 4 heterocycles. The Bertz CT molecular complexity index is 1290. The summed E-state index contributed by atoms with van der Waals surface area (Å²) in [5.74, 6) is 2.14. The number of hydrogen-bond acceptors (Lipinski definition) is 6. The number of methoxy groups -OCH3 is 2. The van der Waals surface area contributed by atoms with E-state index in [9.17, 15) is 4.79 Å². The van der Waals surface area contributed by atoms with Gasteiger partial charge >= 0.3 is 0 Å². The fourth-order valence-electron chi connectivity index (χ4n) is 4.37. The van der Waals surface area contributed by atoms with E-state index in [1.54, 1.807) is 31.0 Å². The minimum Gasteiger partial charge on any atom is -0.493 e. The second kappa shape index (κ2) is 8.90. The van der Waals surface area contributed by atoms with E-state index in [1.165, 1.54) is 0 Å². The van der Waals surface area contributed by atoms with Gasteiger partial charge in [-0.2, -0.15) is 5.10 Å². The molecule has 0 bridgehead atoms. The van der Waals surface area contributed by atoms with Crippen molar-refractivity contribution in [2.75, 3.05) is 27.3 Å². The molecule has 1 amide bonds. The van der Waals surface area contributed by atoms with Crippen molar-refractivity contribution in [3.05, 3.63) is 72.4 Å². The summed E-state index contributed by atoms with van der Waals surface area (Å²) in [5, 5.41) is 4.77. The molecule has 4 aromatic rings. The zero-order chi connectivity index (χ0) is 22.8. The van der Waals surface area contributed by atoms with Crippen molar-refractivity contribution in [3.8, 4) is 22.6 Å². The SMILES string of the molecule is COc1cccc(-c2ccc3nc([C@H]4CCCN(C(=O)c5ccccn5)C4)nn3c2)c1OC. The predicted octanol–water partition coefficient (Wildman–Crippen LogP) is 3.83. The number of nitrogens with zero attached hydrogens (tertiary/aromatic N) is 5. The Kier molecular flexibility index (Phi) is 5.64. The summed E-state index contributed by atoms with van der Waals surface area (Å²) in [7, 11) is 3.26. The Balaban J connectivity index is 1.42. The van der Waals surface area contributed by atoms with Crippen LogP contribution in [-0.4, -0.2) is 57.7 Å². The number of ether oxygens (including phenoxy) is 2. The molecule has 1 atom stereocenters. The highest BCUT2D eigenvalue weighted by Gasteiger charge is 2.28. The summed E-state index contributed by atoms with van der Waals surface area (Å²) < 4.78 is 12.8. The first-order valence-electron chi connectivity index (χ1n) is 11.0. The van der Waals surface area contributed by atoms with Gasteiger partial charge in [-0.15, -0.1) is 0 Å². The molecular formula is C25H25N5O3. The second-order valence-electron chi connectivity index (χ2n) is 8.04. The monoisotopic (exact) mass is 443 g/mol. The summed E-state index contributed by atoms with van der Waals surface area (Å²) in [4.78, 5) is 23.7. The summed E-state index contributed by atoms with van der Waals surface area (Å²) in [5.41, 5.74) is 3.10. The van der Waals surface area contributed by atoms with E-state index < -0.39 is 0 Å². The van der Waals surface area contributed by atoms with Crippen LogP contribution in [0, 0.1) is 0 Å². The third kappa shape index (κ3) is 4.00. The number of likely N-dealkylation sites (tertiary alicyclic amines) is 1. The first kappa shape index (κ1) is 20.9. The minimum atomic E-state index is -0.0449. The molecule has 33 heavy (non-hydrogen) atoms.